The van der Waals surface area contributed by atoms with Gasteiger partial charge < -0.3 is 19.9 Å². The number of nitrogens with zero attached hydrogens (tertiary/aromatic N) is 1. The molecule has 1 aromatic carbocycles. The lowest BCUT2D eigenvalue weighted by Gasteiger charge is -2.12. The molecular formula is C18H20N2O5. The predicted octanol–water partition coefficient (Wildman–Crippen LogP) is 2.12. The summed E-state index contributed by atoms with van der Waals surface area (Å²) in [5.41, 5.74) is 0.589. The van der Waals surface area contributed by atoms with Gasteiger partial charge in [-0.05, 0) is 36.6 Å². The zero-order valence-electron chi connectivity index (χ0n) is 13.9. The summed E-state index contributed by atoms with van der Waals surface area (Å²) in [6, 6.07) is 6.79. The third-order valence-corrected chi connectivity index (χ3v) is 3.91. The molecule has 0 heterocycles. The van der Waals surface area contributed by atoms with Crippen molar-refractivity contribution in [1.29, 1.82) is 5.26 Å². The fraction of sp³-hybridized carbons (Fsp3) is 0.389. The van der Waals surface area contributed by atoms with Crippen LogP contribution in [0.1, 0.15) is 31.2 Å². The highest BCUT2D eigenvalue weighted by Crippen LogP contribution is 2.29. The molecule has 0 atom stereocenters. The van der Waals surface area contributed by atoms with E-state index in [0.717, 1.165) is 25.7 Å². The van der Waals surface area contributed by atoms with E-state index < -0.39 is 12.6 Å². The molecule has 1 aromatic rings. The first-order chi connectivity index (χ1) is 12.0. The minimum Gasteiger partial charge on any atom is -0.493 e. The average Bonchev–Trinajstić information content (AvgIpc) is 3.10. The van der Waals surface area contributed by atoms with Gasteiger partial charge in [0.25, 0.3) is 5.91 Å². The van der Waals surface area contributed by atoms with Gasteiger partial charge in [0.2, 0.25) is 0 Å². The first-order valence-corrected chi connectivity index (χ1v) is 7.98. The standard InChI is InChI=1S/C18H20N2O5/c1-24-16-9-12(6-7-15(16)25-11-17(21)22)8-13(10-19)18(23)20-14-4-2-3-5-14/h6-9,14H,2-5,11H2,1H3,(H,20,23)(H,21,22). The largest absolute Gasteiger partial charge is 0.493 e. The van der Waals surface area contributed by atoms with E-state index in [-0.39, 0.29) is 23.3 Å². The minimum absolute atomic E-state index is 0.00755. The Morgan fingerprint density at radius 1 is 1.36 bits per heavy atom. The van der Waals surface area contributed by atoms with Gasteiger partial charge in [-0.1, -0.05) is 18.9 Å². The van der Waals surface area contributed by atoms with Crippen molar-refractivity contribution >= 4 is 18.0 Å². The summed E-state index contributed by atoms with van der Waals surface area (Å²) in [6.07, 6.45) is 5.52. The summed E-state index contributed by atoms with van der Waals surface area (Å²) in [5, 5.41) is 20.8. The molecule has 2 N–H and O–H groups in total. The molecule has 0 aromatic heterocycles. The highest BCUT2D eigenvalue weighted by atomic mass is 16.5. The number of carbonyl (C=O) groups is 2. The van der Waals surface area contributed by atoms with E-state index in [1.54, 1.807) is 12.1 Å². The molecule has 0 unspecified atom stereocenters. The summed E-state index contributed by atoms with van der Waals surface area (Å²) >= 11 is 0. The number of amides is 1. The Balaban J connectivity index is 2.14. The van der Waals surface area contributed by atoms with Crippen LogP contribution in [0.5, 0.6) is 11.5 Å². The Bertz CT molecular complexity index is 715. The number of rotatable bonds is 7. The number of carboxylic acid groups (broad SMARTS) is 1. The third kappa shape index (κ3) is 5.24. The fourth-order valence-electron chi connectivity index (χ4n) is 2.68. The van der Waals surface area contributed by atoms with Crippen LogP contribution in [0.4, 0.5) is 0 Å². The molecule has 0 saturated heterocycles. The van der Waals surface area contributed by atoms with Crippen molar-refractivity contribution < 1.29 is 24.2 Å². The Hall–Kier alpha value is -3.01. The van der Waals surface area contributed by atoms with E-state index in [9.17, 15) is 14.9 Å². The van der Waals surface area contributed by atoms with E-state index in [1.165, 1.54) is 19.3 Å². The number of nitrogens with one attached hydrogen (secondary N) is 1. The zero-order chi connectivity index (χ0) is 18.2. The van der Waals surface area contributed by atoms with Crippen molar-refractivity contribution in [2.24, 2.45) is 0 Å². The summed E-state index contributed by atoms with van der Waals surface area (Å²) < 4.78 is 10.3. The van der Waals surface area contributed by atoms with Crippen molar-refractivity contribution in [1.82, 2.24) is 5.32 Å². The molecule has 132 valence electrons. The molecule has 1 fully saturated rings. The molecule has 0 radical (unpaired) electrons. The van der Waals surface area contributed by atoms with Crippen LogP contribution in [0.3, 0.4) is 0 Å². The normalized spacial score (nSPS) is 14.6. The third-order valence-electron chi connectivity index (χ3n) is 3.91. The summed E-state index contributed by atoms with van der Waals surface area (Å²) in [4.78, 5) is 22.8. The highest BCUT2D eigenvalue weighted by Gasteiger charge is 2.19. The Kier molecular flexibility index (Phi) is 6.40. The molecule has 25 heavy (non-hydrogen) atoms. The van der Waals surface area contributed by atoms with Gasteiger partial charge in [0.05, 0.1) is 7.11 Å². The van der Waals surface area contributed by atoms with Gasteiger partial charge >= 0.3 is 5.97 Å². The van der Waals surface area contributed by atoms with Gasteiger partial charge in [0.15, 0.2) is 18.1 Å². The van der Waals surface area contributed by atoms with Crippen LogP contribution in [0.2, 0.25) is 0 Å². The monoisotopic (exact) mass is 344 g/mol. The predicted molar refractivity (Wildman–Crippen MR) is 90.1 cm³/mol. The van der Waals surface area contributed by atoms with E-state index in [0.29, 0.717) is 11.3 Å². The van der Waals surface area contributed by atoms with Crippen LogP contribution in [-0.4, -0.2) is 36.7 Å². The smallest absolute Gasteiger partial charge is 0.341 e. The molecule has 0 aliphatic heterocycles. The first kappa shape index (κ1) is 18.3. The van der Waals surface area contributed by atoms with Gasteiger partial charge in [0.1, 0.15) is 11.6 Å². The molecule has 2 rings (SSSR count). The van der Waals surface area contributed by atoms with Gasteiger partial charge in [-0.25, -0.2) is 4.79 Å². The van der Waals surface area contributed by atoms with E-state index in [2.05, 4.69) is 5.32 Å². The van der Waals surface area contributed by atoms with Crippen LogP contribution in [0, 0.1) is 11.3 Å². The second-order valence-electron chi connectivity index (χ2n) is 5.72. The number of nitriles is 1. The van der Waals surface area contributed by atoms with Gasteiger partial charge in [0, 0.05) is 6.04 Å². The van der Waals surface area contributed by atoms with Crippen LogP contribution in [0.15, 0.2) is 23.8 Å². The van der Waals surface area contributed by atoms with Gasteiger partial charge in [-0.15, -0.1) is 0 Å². The van der Waals surface area contributed by atoms with E-state index in [1.807, 2.05) is 6.07 Å². The van der Waals surface area contributed by atoms with Crippen LogP contribution >= 0.6 is 0 Å². The maximum absolute atomic E-state index is 12.2. The topological polar surface area (TPSA) is 109 Å². The number of ether oxygens (including phenoxy) is 2. The molecule has 1 aliphatic rings. The number of hydrogen-bond acceptors (Lipinski definition) is 5. The van der Waals surface area contributed by atoms with Crippen LogP contribution < -0.4 is 14.8 Å². The molecular weight excluding hydrogens is 324 g/mol. The molecule has 1 amide bonds. The molecule has 1 aliphatic carbocycles. The minimum atomic E-state index is -1.10. The van der Waals surface area contributed by atoms with Crippen LogP contribution in [-0.2, 0) is 9.59 Å². The summed E-state index contributed by atoms with van der Waals surface area (Å²) in [6.45, 7) is -0.487. The fourth-order valence-corrected chi connectivity index (χ4v) is 2.68. The lowest BCUT2D eigenvalue weighted by molar-refractivity contribution is -0.139. The van der Waals surface area contributed by atoms with Crippen LogP contribution in [0.25, 0.3) is 6.08 Å². The van der Waals surface area contributed by atoms with E-state index >= 15 is 0 Å². The average molecular weight is 344 g/mol. The number of hydrogen-bond donors (Lipinski definition) is 2. The van der Waals surface area contributed by atoms with Gasteiger partial charge in [-0.2, -0.15) is 5.26 Å². The van der Waals surface area contributed by atoms with Crippen molar-refractivity contribution in [3.8, 4) is 17.6 Å². The lowest BCUT2D eigenvalue weighted by Crippen LogP contribution is -2.33. The van der Waals surface area contributed by atoms with Crippen molar-refractivity contribution in [2.45, 2.75) is 31.7 Å². The first-order valence-electron chi connectivity index (χ1n) is 7.98. The SMILES string of the molecule is COc1cc(C=C(C#N)C(=O)NC2CCCC2)ccc1OCC(=O)O. The van der Waals surface area contributed by atoms with Crippen molar-refractivity contribution in [2.75, 3.05) is 13.7 Å². The summed E-state index contributed by atoms with van der Waals surface area (Å²) in [5.74, 6) is -0.889. The van der Waals surface area contributed by atoms with E-state index in [4.69, 9.17) is 14.6 Å². The number of benzene rings is 1. The maximum atomic E-state index is 12.2. The van der Waals surface area contributed by atoms with Gasteiger partial charge in [-0.3, -0.25) is 4.79 Å². The molecule has 0 bridgehead atoms. The number of aliphatic carboxylic acids is 1. The Labute approximate surface area is 145 Å². The Morgan fingerprint density at radius 2 is 2.08 bits per heavy atom. The summed E-state index contributed by atoms with van der Waals surface area (Å²) in [7, 11) is 1.43. The molecule has 7 nitrogen and oxygen atoms in total. The van der Waals surface area contributed by atoms with Crippen molar-refractivity contribution in [3.05, 3.63) is 29.3 Å². The quantitative estimate of drug-likeness (QED) is 0.579. The number of methoxy groups -OCH3 is 1. The Morgan fingerprint density at radius 3 is 2.68 bits per heavy atom. The lowest BCUT2D eigenvalue weighted by atomic mass is 10.1. The second-order valence-corrected chi connectivity index (χ2v) is 5.72. The molecule has 7 heteroatoms. The number of carboxylic acids is 1. The highest BCUT2D eigenvalue weighted by molar-refractivity contribution is 6.01. The molecule has 0 spiro atoms. The zero-order valence-corrected chi connectivity index (χ0v) is 13.9. The maximum Gasteiger partial charge on any atom is 0.341 e. The van der Waals surface area contributed by atoms with Crippen molar-refractivity contribution in [3.63, 3.8) is 0 Å². The second kappa shape index (κ2) is 8.73. The molecule has 1 saturated carbocycles. The number of carbonyl (C=O) groups excluding carboxylic acids is 1.